The van der Waals surface area contributed by atoms with Crippen LogP contribution >= 0.6 is 11.8 Å². The van der Waals surface area contributed by atoms with Gasteiger partial charge < -0.3 is 9.84 Å². The van der Waals surface area contributed by atoms with Crippen molar-refractivity contribution in [1.29, 1.82) is 0 Å². The molecule has 0 fully saturated rings. The summed E-state index contributed by atoms with van der Waals surface area (Å²) in [7, 11) is 0. The zero-order valence-corrected chi connectivity index (χ0v) is 18.5. The Hall–Kier alpha value is -3.64. The molecule has 0 spiro atoms. The maximum absolute atomic E-state index is 12.8. The van der Waals surface area contributed by atoms with Crippen molar-refractivity contribution >= 4 is 45.5 Å². The standard InChI is InChI=1S/C26H21NO4S/c1-3-31-26(30)22-23(28)21(15-18-12-8-11-17-10-5-7-14-20(17)18)32-25(22)27-24(29)19-13-6-4-9-16(19)2/h4-15,28H,3H2,1-2H3/b21-15-,27-25?. The molecule has 4 rings (SSSR count). The number of rotatable bonds is 4. The number of hydrogen-bond acceptors (Lipinski definition) is 5. The first-order chi connectivity index (χ1) is 15.5. The Kier molecular flexibility index (Phi) is 6.23. The topological polar surface area (TPSA) is 76.0 Å². The Morgan fingerprint density at radius 1 is 1.03 bits per heavy atom. The van der Waals surface area contributed by atoms with Gasteiger partial charge in [0, 0.05) is 5.56 Å². The molecule has 1 aliphatic heterocycles. The lowest BCUT2D eigenvalue weighted by molar-refractivity contribution is -0.138. The van der Waals surface area contributed by atoms with Crippen molar-refractivity contribution in [3.05, 3.63) is 99.7 Å². The molecular weight excluding hydrogens is 422 g/mol. The molecule has 5 nitrogen and oxygen atoms in total. The molecule has 1 aliphatic rings. The normalized spacial score (nSPS) is 16.2. The van der Waals surface area contributed by atoms with E-state index in [1.54, 1.807) is 25.1 Å². The van der Waals surface area contributed by atoms with Crippen LogP contribution in [0.25, 0.3) is 16.8 Å². The summed E-state index contributed by atoms with van der Waals surface area (Å²) in [6.07, 6.45) is 1.79. The van der Waals surface area contributed by atoms with Gasteiger partial charge >= 0.3 is 5.97 Å². The monoisotopic (exact) mass is 443 g/mol. The maximum atomic E-state index is 12.8. The number of aryl methyl sites for hydroxylation is 1. The summed E-state index contributed by atoms with van der Waals surface area (Å²) in [5.74, 6) is -1.43. The van der Waals surface area contributed by atoms with Gasteiger partial charge in [-0.05, 0) is 47.9 Å². The molecule has 0 saturated heterocycles. The van der Waals surface area contributed by atoms with Gasteiger partial charge in [0.2, 0.25) is 0 Å². The first kappa shape index (κ1) is 21.6. The highest BCUT2D eigenvalue weighted by atomic mass is 32.2. The lowest BCUT2D eigenvalue weighted by Crippen LogP contribution is -2.14. The number of aliphatic imine (C=N–C) groups is 1. The van der Waals surface area contributed by atoms with Crippen LogP contribution in [0.2, 0.25) is 0 Å². The van der Waals surface area contributed by atoms with Crippen LogP contribution < -0.4 is 0 Å². The molecule has 0 radical (unpaired) electrons. The second-order valence-electron chi connectivity index (χ2n) is 7.16. The molecule has 3 aromatic carbocycles. The van der Waals surface area contributed by atoms with Crippen LogP contribution in [-0.4, -0.2) is 28.6 Å². The fraction of sp³-hybridized carbons (Fsp3) is 0.115. The fourth-order valence-corrected chi connectivity index (χ4v) is 4.48. The molecule has 32 heavy (non-hydrogen) atoms. The predicted molar refractivity (Wildman–Crippen MR) is 129 cm³/mol. The first-order valence-electron chi connectivity index (χ1n) is 10.2. The quantitative estimate of drug-likeness (QED) is 0.512. The molecular formula is C26H21NO4S. The van der Waals surface area contributed by atoms with E-state index in [4.69, 9.17) is 4.74 Å². The van der Waals surface area contributed by atoms with Crippen molar-refractivity contribution in [3.8, 4) is 0 Å². The number of hydrogen-bond donors (Lipinski definition) is 1. The number of fused-ring (bicyclic) bond motifs is 1. The number of carbonyl (C=O) groups excluding carboxylic acids is 2. The van der Waals surface area contributed by atoms with Gasteiger partial charge in [0.15, 0.2) is 0 Å². The SMILES string of the molecule is CCOC(=O)C1=C(O)/C(=C/c2cccc3ccccc23)SC1=NC(=O)c1ccccc1C. The van der Waals surface area contributed by atoms with Crippen molar-refractivity contribution in [1.82, 2.24) is 0 Å². The van der Waals surface area contributed by atoms with Crippen LogP contribution in [0.5, 0.6) is 0 Å². The van der Waals surface area contributed by atoms with Crippen molar-refractivity contribution in [2.45, 2.75) is 13.8 Å². The highest BCUT2D eigenvalue weighted by Gasteiger charge is 2.34. The van der Waals surface area contributed by atoms with E-state index in [2.05, 4.69) is 4.99 Å². The number of aliphatic hydroxyl groups is 1. The second-order valence-corrected chi connectivity index (χ2v) is 8.19. The molecule has 0 unspecified atom stereocenters. The number of thioether (sulfide) groups is 1. The molecule has 6 heteroatoms. The first-order valence-corrected chi connectivity index (χ1v) is 11.0. The van der Waals surface area contributed by atoms with Crippen molar-refractivity contribution in [3.63, 3.8) is 0 Å². The number of aliphatic hydroxyl groups excluding tert-OH is 1. The number of ether oxygens (including phenoxy) is 1. The van der Waals surface area contributed by atoms with Crippen LogP contribution in [0.4, 0.5) is 0 Å². The molecule has 0 aromatic heterocycles. The van der Waals surface area contributed by atoms with E-state index < -0.39 is 11.9 Å². The zero-order valence-electron chi connectivity index (χ0n) is 17.7. The van der Waals surface area contributed by atoms with Gasteiger partial charge in [0.05, 0.1) is 11.5 Å². The van der Waals surface area contributed by atoms with E-state index in [0.29, 0.717) is 10.5 Å². The Bertz CT molecular complexity index is 1310. The van der Waals surface area contributed by atoms with E-state index in [1.165, 1.54) is 0 Å². The molecule has 0 atom stereocenters. The molecule has 0 saturated carbocycles. The third-order valence-corrected chi connectivity index (χ3v) is 6.08. The molecule has 160 valence electrons. The summed E-state index contributed by atoms with van der Waals surface area (Å²) in [6, 6.07) is 20.9. The Morgan fingerprint density at radius 2 is 1.75 bits per heavy atom. The van der Waals surface area contributed by atoms with Crippen LogP contribution in [-0.2, 0) is 9.53 Å². The summed E-state index contributed by atoms with van der Waals surface area (Å²) >= 11 is 1.08. The van der Waals surface area contributed by atoms with Gasteiger partial charge in [-0.1, -0.05) is 72.4 Å². The molecule has 1 N–H and O–H groups in total. The highest BCUT2D eigenvalue weighted by molar-refractivity contribution is 8.18. The lowest BCUT2D eigenvalue weighted by Gasteiger charge is -2.04. The minimum Gasteiger partial charge on any atom is -0.506 e. The second kappa shape index (κ2) is 9.24. The molecule has 0 bridgehead atoms. The van der Waals surface area contributed by atoms with E-state index >= 15 is 0 Å². The number of amides is 1. The molecule has 0 aliphatic carbocycles. The number of benzene rings is 3. The van der Waals surface area contributed by atoms with Gasteiger partial charge in [0.25, 0.3) is 5.91 Å². The van der Waals surface area contributed by atoms with Gasteiger partial charge in [-0.3, -0.25) is 4.79 Å². The summed E-state index contributed by atoms with van der Waals surface area (Å²) in [5.41, 5.74) is 2.01. The van der Waals surface area contributed by atoms with Gasteiger partial charge in [-0.2, -0.15) is 0 Å². The summed E-state index contributed by atoms with van der Waals surface area (Å²) < 4.78 is 5.12. The average molecular weight is 444 g/mol. The minimum atomic E-state index is -0.713. The van der Waals surface area contributed by atoms with E-state index in [0.717, 1.165) is 33.7 Å². The Morgan fingerprint density at radius 3 is 2.53 bits per heavy atom. The van der Waals surface area contributed by atoms with Crippen LogP contribution in [0.3, 0.4) is 0 Å². The third kappa shape index (κ3) is 4.22. The average Bonchev–Trinajstić information content (AvgIpc) is 3.09. The molecule has 3 aromatic rings. The van der Waals surface area contributed by atoms with E-state index in [9.17, 15) is 14.7 Å². The third-order valence-electron chi connectivity index (χ3n) is 5.06. The van der Waals surface area contributed by atoms with Gasteiger partial charge in [-0.15, -0.1) is 0 Å². The smallest absolute Gasteiger partial charge is 0.344 e. The Balaban J connectivity index is 1.79. The van der Waals surface area contributed by atoms with Crippen molar-refractivity contribution in [2.75, 3.05) is 6.61 Å². The molecule has 1 amide bonds. The Labute approximate surface area is 190 Å². The molecule has 1 heterocycles. The summed E-state index contributed by atoms with van der Waals surface area (Å²) in [4.78, 5) is 30.0. The van der Waals surface area contributed by atoms with Crippen molar-refractivity contribution in [2.24, 2.45) is 4.99 Å². The van der Waals surface area contributed by atoms with Gasteiger partial charge in [-0.25, -0.2) is 9.79 Å². The largest absolute Gasteiger partial charge is 0.506 e. The van der Waals surface area contributed by atoms with E-state index in [-0.39, 0.29) is 23.0 Å². The minimum absolute atomic E-state index is 0.0923. The maximum Gasteiger partial charge on any atom is 0.344 e. The number of nitrogens with zero attached hydrogens (tertiary/aromatic N) is 1. The van der Waals surface area contributed by atoms with Crippen molar-refractivity contribution < 1.29 is 19.4 Å². The predicted octanol–water partition coefficient (Wildman–Crippen LogP) is 5.85. The number of esters is 1. The highest BCUT2D eigenvalue weighted by Crippen LogP contribution is 2.40. The van der Waals surface area contributed by atoms with Crippen LogP contribution in [0.15, 0.2) is 88.0 Å². The van der Waals surface area contributed by atoms with Crippen LogP contribution in [0, 0.1) is 6.92 Å². The summed E-state index contributed by atoms with van der Waals surface area (Å²) in [6.45, 7) is 3.64. The zero-order chi connectivity index (χ0) is 22.7. The van der Waals surface area contributed by atoms with Crippen LogP contribution in [0.1, 0.15) is 28.4 Å². The van der Waals surface area contributed by atoms with Gasteiger partial charge in [0.1, 0.15) is 16.4 Å². The lowest BCUT2D eigenvalue weighted by atomic mass is 10.0. The fourth-order valence-electron chi connectivity index (χ4n) is 3.47. The summed E-state index contributed by atoms with van der Waals surface area (Å²) in [5, 5.41) is 13.1. The number of carbonyl (C=O) groups is 2. The van der Waals surface area contributed by atoms with E-state index in [1.807, 2.05) is 61.5 Å².